The zero-order valence-corrected chi connectivity index (χ0v) is 21.1. The van der Waals surface area contributed by atoms with Crippen LogP contribution in [-0.4, -0.2) is 82.6 Å². The van der Waals surface area contributed by atoms with Gasteiger partial charge in [0, 0.05) is 50.9 Å². The number of carboxylic acids is 1. The molecular weight excluding hydrogens is 438 g/mol. The van der Waals surface area contributed by atoms with Gasteiger partial charge in [0.2, 0.25) is 0 Å². The van der Waals surface area contributed by atoms with Crippen molar-refractivity contribution in [2.45, 2.75) is 64.0 Å². The van der Waals surface area contributed by atoms with E-state index in [2.05, 4.69) is 34.3 Å². The Kier molecular flexibility index (Phi) is 9.67. The molecule has 0 aromatic heterocycles. The number of ether oxygens (including phenoxy) is 1. The number of carbonyl (C=O) groups is 1. The lowest BCUT2D eigenvalue weighted by Gasteiger charge is -2.34. The predicted octanol–water partition coefficient (Wildman–Crippen LogP) is 3.67. The molecule has 33 heavy (non-hydrogen) atoms. The number of nitrogens with zero attached hydrogens (tertiary/aromatic N) is 4. The molecule has 2 N–H and O–H groups in total. The van der Waals surface area contributed by atoms with Crippen molar-refractivity contribution >= 4 is 28.7 Å². The molecule has 0 unspecified atom stereocenters. The highest BCUT2D eigenvalue weighted by molar-refractivity contribution is 8.15. The number of rotatable bonds is 11. The summed E-state index contributed by atoms with van der Waals surface area (Å²) in [4.78, 5) is 25.7. The van der Waals surface area contributed by atoms with Crippen molar-refractivity contribution in [1.82, 2.24) is 15.1 Å². The van der Waals surface area contributed by atoms with Gasteiger partial charge in [-0.2, -0.15) is 0 Å². The SMILES string of the molecule is CCCCCCN(CCC1=CCC(SC(C)(C)C(=O)O)=N1)C1=NCC(N2CCOCC2)=CN1. The topological polar surface area (TPSA) is 89.8 Å². The van der Waals surface area contributed by atoms with Gasteiger partial charge >= 0.3 is 5.97 Å². The lowest BCUT2D eigenvalue weighted by Crippen LogP contribution is -2.45. The Morgan fingerprint density at radius 2 is 2.06 bits per heavy atom. The van der Waals surface area contributed by atoms with Gasteiger partial charge in [-0.25, -0.2) is 4.99 Å². The highest BCUT2D eigenvalue weighted by Gasteiger charge is 2.30. The summed E-state index contributed by atoms with van der Waals surface area (Å²) in [6.45, 7) is 11.6. The van der Waals surface area contributed by atoms with Gasteiger partial charge in [0.05, 0.1) is 30.5 Å². The average molecular weight is 478 g/mol. The first-order valence-corrected chi connectivity index (χ1v) is 13.0. The molecule has 0 aromatic carbocycles. The second-order valence-electron chi connectivity index (χ2n) is 9.14. The summed E-state index contributed by atoms with van der Waals surface area (Å²) in [5.41, 5.74) is 2.26. The van der Waals surface area contributed by atoms with Crippen LogP contribution in [0.3, 0.4) is 0 Å². The summed E-state index contributed by atoms with van der Waals surface area (Å²) in [6.07, 6.45) is 10.6. The average Bonchev–Trinajstić information content (AvgIpc) is 3.26. The molecule has 3 aliphatic rings. The molecule has 0 spiro atoms. The van der Waals surface area contributed by atoms with Crippen LogP contribution in [0.15, 0.2) is 33.7 Å². The Bertz CT molecular complexity index is 800. The number of aliphatic imine (C=N–C) groups is 2. The largest absolute Gasteiger partial charge is 0.480 e. The minimum atomic E-state index is -0.862. The standard InChI is InChI=1S/C24H39N5O3S/c1-4-5-6-7-11-29(23-25-17-20(18-26-23)28-13-15-32-16-14-28)12-10-19-8-9-21(27-19)33-24(2,3)22(30)31/h8,17H,4-7,9-16,18H2,1-3H3,(H,25,26)(H,30,31). The smallest absolute Gasteiger partial charge is 0.319 e. The van der Waals surface area contributed by atoms with Crippen LogP contribution in [0.5, 0.6) is 0 Å². The van der Waals surface area contributed by atoms with E-state index >= 15 is 0 Å². The van der Waals surface area contributed by atoms with Crippen molar-refractivity contribution in [3.05, 3.63) is 23.7 Å². The molecular formula is C24H39N5O3S. The van der Waals surface area contributed by atoms with Crippen molar-refractivity contribution < 1.29 is 14.6 Å². The normalized spacial score (nSPS) is 18.8. The maximum atomic E-state index is 11.4. The molecule has 3 aliphatic heterocycles. The first kappa shape index (κ1) is 25.6. The van der Waals surface area contributed by atoms with Crippen LogP contribution >= 0.6 is 11.8 Å². The maximum Gasteiger partial charge on any atom is 0.319 e. The number of hydrogen-bond acceptors (Lipinski definition) is 8. The van der Waals surface area contributed by atoms with Gasteiger partial charge in [-0.3, -0.25) is 9.79 Å². The Morgan fingerprint density at radius 1 is 1.27 bits per heavy atom. The summed E-state index contributed by atoms with van der Waals surface area (Å²) in [7, 11) is 0. The number of aliphatic carboxylic acids is 1. The third-order valence-electron chi connectivity index (χ3n) is 6.06. The van der Waals surface area contributed by atoms with E-state index in [9.17, 15) is 9.90 Å². The fourth-order valence-corrected chi connectivity index (χ4v) is 4.95. The van der Waals surface area contributed by atoms with Crippen LogP contribution in [0.2, 0.25) is 0 Å². The second kappa shape index (κ2) is 12.5. The van der Waals surface area contributed by atoms with Gasteiger partial charge < -0.3 is 25.0 Å². The third-order valence-corrected chi connectivity index (χ3v) is 7.24. The lowest BCUT2D eigenvalue weighted by atomic mass is 10.2. The number of carboxylic acid groups (broad SMARTS) is 1. The lowest BCUT2D eigenvalue weighted by molar-refractivity contribution is -0.138. The molecule has 3 heterocycles. The van der Waals surface area contributed by atoms with E-state index in [0.29, 0.717) is 6.54 Å². The fourth-order valence-electron chi connectivity index (χ4n) is 3.95. The molecule has 0 bridgehead atoms. The summed E-state index contributed by atoms with van der Waals surface area (Å²) in [5, 5.41) is 13.7. The Labute approximate surface area is 202 Å². The molecule has 9 heteroatoms. The fraction of sp³-hybridized carbons (Fsp3) is 0.708. The van der Waals surface area contributed by atoms with Crippen LogP contribution in [0.25, 0.3) is 0 Å². The van der Waals surface area contributed by atoms with E-state index in [-0.39, 0.29) is 0 Å². The van der Waals surface area contributed by atoms with E-state index in [1.54, 1.807) is 13.8 Å². The van der Waals surface area contributed by atoms with Crippen LogP contribution in [0.1, 0.15) is 59.3 Å². The predicted molar refractivity (Wildman–Crippen MR) is 136 cm³/mol. The molecule has 3 rings (SSSR count). The van der Waals surface area contributed by atoms with E-state index in [4.69, 9.17) is 14.7 Å². The van der Waals surface area contributed by atoms with E-state index in [0.717, 1.165) is 75.4 Å². The van der Waals surface area contributed by atoms with Gasteiger partial charge in [-0.05, 0) is 20.3 Å². The minimum absolute atomic E-state index is 0.694. The third kappa shape index (κ3) is 7.78. The van der Waals surface area contributed by atoms with Crippen molar-refractivity contribution in [1.29, 1.82) is 0 Å². The van der Waals surface area contributed by atoms with Crippen molar-refractivity contribution in [3.8, 4) is 0 Å². The highest BCUT2D eigenvalue weighted by atomic mass is 32.2. The van der Waals surface area contributed by atoms with Gasteiger partial charge in [0.15, 0.2) is 5.96 Å². The molecule has 0 amide bonds. The molecule has 0 saturated carbocycles. The molecule has 0 aromatic rings. The first-order chi connectivity index (χ1) is 15.9. The number of morpholine rings is 1. The summed E-state index contributed by atoms with van der Waals surface area (Å²) in [6, 6.07) is 0. The monoisotopic (exact) mass is 477 g/mol. The molecule has 0 atom stereocenters. The van der Waals surface area contributed by atoms with Gasteiger partial charge in [-0.15, -0.1) is 0 Å². The molecule has 8 nitrogen and oxygen atoms in total. The molecule has 0 aliphatic carbocycles. The van der Waals surface area contributed by atoms with E-state index < -0.39 is 10.7 Å². The van der Waals surface area contributed by atoms with Crippen molar-refractivity contribution in [2.24, 2.45) is 9.98 Å². The number of nitrogens with one attached hydrogen (secondary N) is 1. The van der Waals surface area contributed by atoms with Crippen LogP contribution in [0.4, 0.5) is 0 Å². The molecule has 184 valence electrons. The van der Waals surface area contributed by atoms with Crippen LogP contribution in [0, 0.1) is 0 Å². The zero-order valence-electron chi connectivity index (χ0n) is 20.3. The zero-order chi connectivity index (χ0) is 23.7. The number of thioether (sulfide) groups is 1. The van der Waals surface area contributed by atoms with Gasteiger partial charge in [0.25, 0.3) is 0 Å². The van der Waals surface area contributed by atoms with Crippen molar-refractivity contribution in [3.63, 3.8) is 0 Å². The summed E-state index contributed by atoms with van der Waals surface area (Å²) in [5.74, 6) is 0.125. The van der Waals surface area contributed by atoms with Crippen molar-refractivity contribution in [2.75, 3.05) is 45.9 Å². The molecule has 1 fully saturated rings. The first-order valence-electron chi connectivity index (χ1n) is 12.2. The quantitative estimate of drug-likeness (QED) is 0.439. The summed E-state index contributed by atoms with van der Waals surface area (Å²) >= 11 is 1.34. The maximum absolute atomic E-state index is 11.4. The van der Waals surface area contributed by atoms with E-state index in [1.807, 2.05) is 0 Å². The molecule has 0 radical (unpaired) electrons. The Morgan fingerprint density at radius 3 is 2.73 bits per heavy atom. The second-order valence-corrected chi connectivity index (χ2v) is 10.8. The Balaban J connectivity index is 1.55. The van der Waals surface area contributed by atoms with Crippen LogP contribution in [-0.2, 0) is 9.53 Å². The Hall–Kier alpha value is -2.00. The molecule has 1 saturated heterocycles. The number of guanidine groups is 1. The summed E-state index contributed by atoms with van der Waals surface area (Å²) < 4.78 is 4.60. The van der Waals surface area contributed by atoms with Gasteiger partial charge in [0.1, 0.15) is 4.75 Å². The van der Waals surface area contributed by atoms with Crippen LogP contribution < -0.4 is 5.32 Å². The number of allylic oxidation sites excluding steroid dienone is 1. The minimum Gasteiger partial charge on any atom is -0.480 e. The highest BCUT2D eigenvalue weighted by Crippen LogP contribution is 2.31. The number of unbranched alkanes of at least 4 members (excludes halogenated alkanes) is 3. The number of hydrogen-bond donors (Lipinski definition) is 2. The van der Waals surface area contributed by atoms with Gasteiger partial charge in [-0.1, -0.05) is 44.0 Å². The van der Waals surface area contributed by atoms with E-state index in [1.165, 1.54) is 36.7 Å².